The van der Waals surface area contributed by atoms with Crippen molar-refractivity contribution in [2.24, 2.45) is 0 Å². The molecule has 0 radical (unpaired) electrons. The molecule has 2 aliphatic carbocycles. The molecule has 0 aromatic heterocycles. The van der Waals surface area contributed by atoms with Gasteiger partial charge in [0.05, 0.1) is 0 Å². The number of hydrogen-bond donors (Lipinski definition) is 0. The summed E-state index contributed by atoms with van der Waals surface area (Å²) in [7, 11) is 0. The molecule has 0 saturated heterocycles. The zero-order valence-corrected chi connectivity index (χ0v) is 18.5. The van der Waals surface area contributed by atoms with Crippen LogP contribution >= 0.6 is 0 Å². The molecule has 0 N–H and O–H groups in total. The second-order valence-corrected chi connectivity index (χ2v) is 10.2. The Labute approximate surface area is 185 Å². The van der Waals surface area contributed by atoms with Crippen LogP contribution in [0.1, 0.15) is 55.4 Å². The highest BCUT2D eigenvalue weighted by Gasteiger charge is 2.52. The van der Waals surface area contributed by atoms with Gasteiger partial charge in [0.1, 0.15) is 0 Å². The average molecular weight is 401 g/mol. The molecule has 6 rings (SSSR count). The molecular weight excluding hydrogens is 372 g/mol. The number of hydrogen-bond acceptors (Lipinski definition) is 0. The van der Waals surface area contributed by atoms with Gasteiger partial charge in [-0.25, -0.2) is 0 Å². The normalized spacial score (nSPS) is 20.9. The summed E-state index contributed by atoms with van der Waals surface area (Å²) in [6.45, 7) is 7.36. The first-order chi connectivity index (χ1) is 15.0. The maximum atomic E-state index is 2.51. The lowest BCUT2D eigenvalue weighted by atomic mass is 9.67. The minimum atomic E-state index is 0.0662. The molecule has 1 atom stereocenters. The van der Waals surface area contributed by atoms with Crippen LogP contribution in [-0.4, -0.2) is 0 Å². The van der Waals surface area contributed by atoms with Crippen molar-refractivity contribution in [3.8, 4) is 22.3 Å². The maximum Gasteiger partial charge on any atom is 0.0196 e. The van der Waals surface area contributed by atoms with E-state index in [-0.39, 0.29) is 10.8 Å². The van der Waals surface area contributed by atoms with Gasteiger partial charge in [-0.15, -0.1) is 0 Å². The SMILES string of the molecule is CC1(C)CC(C)(C2c3ccccc3-c3ccccc32)c2ccc(-c3ccccc3)cc21. The Morgan fingerprint density at radius 2 is 1.16 bits per heavy atom. The van der Waals surface area contributed by atoms with E-state index in [1.807, 2.05) is 0 Å². The summed E-state index contributed by atoms with van der Waals surface area (Å²) in [5.41, 5.74) is 11.7. The van der Waals surface area contributed by atoms with Crippen LogP contribution in [0.3, 0.4) is 0 Å². The first-order valence-corrected chi connectivity index (χ1v) is 11.4. The summed E-state index contributed by atoms with van der Waals surface area (Å²) < 4.78 is 0. The number of fused-ring (bicyclic) bond motifs is 4. The van der Waals surface area contributed by atoms with E-state index in [0.717, 1.165) is 6.42 Å². The van der Waals surface area contributed by atoms with Gasteiger partial charge in [-0.2, -0.15) is 0 Å². The first-order valence-electron chi connectivity index (χ1n) is 11.4. The Morgan fingerprint density at radius 1 is 0.581 bits per heavy atom. The lowest BCUT2D eigenvalue weighted by molar-refractivity contribution is 0.346. The second-order valence-electron chi connectivity index (χ2n) is 10.2. The molecule has 1 unspecified atom stereocenters. The Balaban J connectivity index is 1.56. The minimum Gasteiger partial charge on any atom is -0.0622 e. The van der Waals surface area contributed by atoms with Gasteiger partial charge < -0.3 is 0 Å². The van der Waals surface area contributed by atoms with E-state index >= 15 is 0 Å². The van der Waals surface area contributed by atoms with Crippen LogP contribution in [0, 0.1) is 0 Å². The smallest absolute Gasteiger partial charge is 0.0196 e. The fourth-order valence-electron chi connectivity index (χ4n) is 6.62. The number of benzene rings is 4. The molecule has 0 aliphatic heterocycles. The van der Waals surface area contributed by atoms with Crippen molar-refractivity contribution < 1.29 is 0 Å². The summed E-state index contributed by atoms with van der Waals surface area (Å²) in [5, 5.41) is 0. The molecule has 4 aromatic carbocycles. The summed E-state index contributed by atoms with van der Waals surface area (Å²) in [5.74, 6) is 0.392. The van der Waals surface area contributed by atoms with E-state index in [1.165, 1.54) is 44.5 Å². The zero-order valence-electron chi connectivity index (χ0n) is 18.5. The fraction of sp³-hybridized carbons (Fsp3) is 0.226. The number of rotatable bonds is 2. The van der Waals surface area contributed by atoms with Crippen LogP contribution in [0.5, 0.6) is 0 Å². The predicted molar refractivity (Wildman–Crippen MR) is 131 cm³/mol. The monoisotopic (exact) mass is 400 g/mol. The van der Waals surface area contributed by atoms with Crippen LogP contribution in [0.15, 0.2) is 97.1 Å². The van der Waals surface area contributed by atoms with Crippen molar-refractivity contribution in [2.45, 2.75) is 43.9 Å². The molecular formula is C31H28. The molecule has 0 heteroatoms. The molecule has 0 fully saturated rings. The van der Waals surface area contributed by atoms with Gasteiger partial charge in [0, 0.05) is 11.3 Å². The van der Waals surface area contributed by atoms with Gasteiger partial charge >= 0.3 is 0 Å². The highest BCUT2D eigenvalue weighted by atomic mass is 14.5. The standard InChI is InChI=1S/C31H28/c1-30(2)20-31(3,27-18-17-22(19-28(27)30)21-11-5-4-6-12-21)29-25-15-9-7-13-23(25)24-14-8-10-16-26(24)29/h4-19,29H,20H2,1-3H3. The third kappa shape index (κ3) is 2.61. The molecule has 0 saturated carbocycles. The zero-order chi connectivity index (χ0) is 21.2. The molecule has 4 aromatic rings. The average Bonchev–Trinajstić information content (AvgIpc) is 3.24. The van der Waals surface area contributed by atoms with Gasteiger partial charge in [-0.1, -0.05) is 118 Å². The maximum absolute atomic E-state index is 2.51. The molecule has 2 aliphatic rings. The summed E-state index contributed by atoms with van der Waals surface area (Å²) in [6.07, 6.45) is 1.15. The predicted octanol–water partition coefficient (Wildman–Crippen LogP) is 8.11. The second kappa shape index (κ2) is 6.44. The van der Waals surface area contributed by atoms with Crippen LogP contribution in [-0.2, 0) is 10.8 Å². The van der Waals surface area contributed by atoms with E-state index in [2.05, 4.69) is 118 Å². The van der Waals surface area contributed by atoms with Gasteiger partial charge in [0.2, 0.25) is 0 Å². The Kier molecular flexibility index (Phi) is 3.87. The molecule has 152 valence electrons. The van der Waals surface area contributed by atoms with Crippen molar-refractivity contribution in [3.05, 3.63) is 119 Å². The highest BCUT2D eigenvalue weighted by molar-refractivity contribution is 5.80. The van der Waals surface area contributed by atoms with Crippen molar-refractivity contribution >= 4 is 0 Å². The van der Waals surface area contributed by atoms with Crippen LogP contribution < -0.4 is 0 Å². The van der Waals surface area contributed by atoms with Crippen LogP contribution in [0.25, 0.3) is 22.3 Å². The first kappa shape index (κ1) is 18.6. The minimum absolute atomic E-state index is 0.0662. The largest absolute Gasteiger partial charge is 0.0622 e. The van der Waals surface area contributed by atoms with E-state index in [1.54, 1.807) is 0 Å². The Bertz CT molecular complexity index is 1250. The van der Waals surface area contributed by atoms with E-state index < -0.39 is 0 Å². The Morgan fingerprint density at radius 3 is 1.81 bits per heavy atom. The van der Waals surface area contributed by atoms with Crippen molar-refractivity contribution in [3.63, 3.8) is 0 Å². The quantitative estimate of drug-likeness (QED) is 0.319. The lowest BCUT2D eigenvalue weighted by Gasteiger charge is -2.35. The van der Waals surface area contributed by atoms with Crippen molar-refractivity contribution in [1.82, 2.24) is 0 Å². The summed E-state index contributed by atoms with van der Waals surface area (Å²) >= 11 is 0. The topological polar surface area (TPSA) is 0 Å². The van der Waals surface area contributed by atoms with Crippen LogP contribution in [0.2, 0.25) is 0 Å². The lowest BCUT2D eigenvalue weighted by Crippen LogP contribution is -2.29. The van der Waals surface area contributed by atoms with E-state index in [0.29, 0.717) is 5.92 Å². The third-order valence-electron chi connectivity index (χ3n) is 7.75. The fourth-order valence-corrected chi connectivity index (χ4v) is 6.62. The molecule has 0 nitrogen and oxygen atoms in total. The molecule has 0 bridgehead atoms. The van der Waals surface area contributed by atoms with Crippen molar-refractivity contribution in [1.29, 1.82) is 0 Å². The van der Waals surface area contributed by atoms with E-state index in [4.69, 9.17) is 0 Å². The summed E-state index contributed by atoms with van der Waals surface area (Å²) in [6, 6.07) is 36.1. The third-order valence-corrected chi connectivity index (χ3v) is 7.75. The van der Waals surface area contributed by atoms with Crippen LogP contribution in [0.4, 0.5) is 0 Å². The van der Waals surface area contributed by atoms with Gasteiger partial charge in [0.15, 0.2) is 0 Å². The highest BCUT2D eigenvalue weighted by Crippen LogP contribution is 2.61. The van der Waals surface area contributed by atoms with Gasteiger partial charge in [-0.05, 0) is 56.3 Å². The molecule has 31 heavy (non-hydrogen) atoms. The van der Waals surface area contributed by atoms with Gasteiger partial charge in [-0.3, -0.25) is 0 Å². The summed E-state index contributed by atoms with van der Waals surface area (Å²) in [4.78, 5) is 0. The van der Waals surface area contributed by atoms with E-state index in [9.17, 15) is 0 Å². The molecule has 0 heterocycles. The molecule has 0 amide bonds. The Hall–Kier alpha value is -3.12. The van der Waals surface area contributed by atoms with Gasteiger partial charge in [0.25, 0.3) is 0 Å². The molecule has 0 spiro atoms. The van der Waals surface area contributed by atoms with Crippen molar-refractivity contribution in [2.75, 3.05) is 0 Å².